The second kappa shape index (κ2) is 9.62. The molecule has 0 spiro atoms. The quantitative estimate of drug-likeness (QED) is 0.532. The molecule has 2 aromatic rings. The normalized spacial score (nSPS) is 12.0. The van der Waals surface area contributed by atoms with Crippen molar-refractivity contribution in [1.29, 1.82) is 0 Å². The number of carbonyl (C=O) groups is 3. The molecule has 9 heteroatoms. The van der Waals surface area contributed by atoms with E-state index in [0.29, 0.717) is 0 Å². The van der Waals surface area contributed by atoms with Crippen LogP contribution in [0.3, 0.4) is 0 Å². The van der Waals surface area contributed by atoms with E-state index in [1.165, 1.54) is 12.1 Å². The van der Waals surface area contributed by atoms with E-state index in [2.05, 4.69) is 16.0 Å². The van der Waals surface area contributed by atoms with Crippen molar-refractivity contribution in [2.24, 2.45) is 0 Å². The fourth-order valence-corrected chi connectivity index (χ4v) is 3.16. The van der Waals surface area contributed by atoms with Gasteiger partial charge in [0.1, 0.15) is 6.04 Å². The molecule has 0 radical (unpaired) electrons. The van der Waals surface area contributed by atoms with Gasteiger partial charge in [0.2, 0.25) is 0 Å². The van der Waals surface area contributed by atoms with Gasteiger partial charge in [0.25, 0.3) is 5.91 Å². The maximum Gasteiger partial charge on any atom is 0.328 e. The number of urea groups is 1. The van der Waals surface area contributed by atoms with Crippen LogP contribution in [0.1, 0.15) is 29.8 Å². The van der Waals surface area contributed by atoms with Gasteiger partial charge < -0.3 is 21.1 Å². The Morgan fingerprint density at radius 3 is 2.14 bits per heavy atom. The van der Waals surface area contributed by atoms with Crippen molar-refractivity contribution >= 4 is 41.1 Å². The third-order valence-corrected chi connectivity index (χ3v) is 4.81. The average Bonchev–Trinajstić information content (AvgIpc) is 2.65. The van der Waals surface area contributed by atoms with Gasteiger partial charge in [-0.3, -0.25) is 4.79 Å². The first-order valence-electron chi connectivity index (χ1n) is 8.71. The van der Waals surface area contributed by atoms with Crippen LogP contribution in [0.15, 0.2) is 48.5 Å². The Morgan fingerprint density at radius 1 is 1.00 bits per heavy atom. The molecule has 0 saturated heterocycles. The summed E-state index contributed by atoms with van der Waals surface area (Å²) < 4.78 is 0. The zero-order chi connectivity index (χ0) is 21.6. The first kappa shape index (κ1) is 22.5. The fraction of sp³-hybridized carbons (Fsp3) is 0.250. The van der Waals surface area contributed by atoms with E-state index in [9.17, 15) is 19.5 Å². The van der Waals surface area contributed by atoms with Gasteiger partial charge in [0.15, 0.2) is 0 Å². The lowest BCUT2D eigenvalue weighted by atomic mass is 9.95. The van der Waals surface area contributed by atoms with Crippen LogP contribution in [-0.4, -0.2) is 35.6 Å². The van der Waals surface area contributed by atoms with Gasteiger partial charge in [-0.05, 0) is 31.5 Å². The molecule has 0 aliphatic rings. The number of halogens is 2. The van der Waals surface area contributed by atoms with E-state index in [1.54, 1.807) is 6.07 Å². The van der Waals surface area contributed by atoms with E-state index in [-0.39, 0.29) is 22.2 Å². The predicted molar refractivity (Wildman–Crippen MR) is 111 cm³/mol. The number of nitrogens with one attached hydrogen (secondary N) is 3. The zero-order valence-corrected chi connectivity index (χ0v) is 17.3. The van der Waals surface area contributed by atoms with Crippen LogP contribution in [0.4, 0.5) is 4.79 Å². The molecule has 154 valence electrons. The summed E-state index contributed by atoms with van der Waals surface area (Å²) in [5.41, 5.74) is 0.168. The molecule has 7 nitrogen and oxygen atoms in total. The maximum absolute atomic E-state index is 12.4. The summed E-state index contributed by atoms with van der Waals surface area (Å²) in [6, 6.07) is 11.9. The number of hydrogen-bond donors (Lipinski definition) is 4. The predicted octanol–water partition coefficient (Wildman–Crippen LogP) is 3.41. The minimum absolute atomic E-state index is 0.0308. The molecule has 0 heterocycles. The molecular weight excluding hydrogens is 417 g/mol. The highest BCUT2D eigenvalue weighted by Crippen LogP contribution is 2.24. The standard InChI is InChI=1S/C20H21Cl2N3O4/c1-20(2,12-7-4-3-5-8-12)25-19(29)23-11-15(18(27)28)24-17(26)16-13(21)9-6-10-14(16)22/h3-10,15H,11H2,1-2H3,(H,24,26)(H,27,28)(H2,23,25,29). The van der Waals surface area contributed by atoms with Crippen molar-refractivity contribution in [3.8, 4) is 0 Å². The van der Waals surface area contributed by atoms with Gasteiger partial charge in [0.05, 0.1) is 27.7 Å². The van der Waals surface area contributed by atoms with E-state index < -0.39 is 29.5 Å². The van der Waals surface area contributed by atoms with E-state index in [1.807, 2.05) is 44.2 Å². The minimum atomic E-state index is -1.37. The van der Waals surface area contributed by atoms with Crippen LogP contribution in [0.25, 0.3) is 0 Å². The van der Waals surface area contributed by atoms with Crippen LogP contribution in [0.2, 0.25) is 10.0 Å². The second-order valence-electron chi connectivity index (χ2n) is 6.79. The van der Waals surface area contributed by atoms with Gasteiger partial charge in [-0.2, -0.15) is 0 Å². The van der Waals surface area contributed by atoms with Crippen molar-refractivity contribution in [3.05, 3.63) is 69.7 Å². The van der Waals surface area contributed by atoms with Gasteiger partial charge >= 0.3 is 12.0 Å². The van der Waals surface area contributed by atoms with E-state index in [0.717, 1.165) is 5.56 Å². The highest BCUT2D eigenvalue weighted by atomic mass is 35.5. The number of carbonyl (C=O) groups excluding carboxylic acids is 2. The summed E-state index contributed by atoms with van der Waals surface area (Å²) in [6.45, 7) is 3.30. The summed E-state index contributed by atoms with van der Waals surface area (Å²) >= 11 is 11.9. The van der Waals surface area contributed by atoms with Gasteiger partial charge in [0, 0.05) is 0 Å². The molecule has 0 fully saturated rings. The molecule has 4 N–H and O–H groups in total. The Morgan fingerprint density at radius 2 is 1.59 bits per heavy atom. The number of aliphatic carboxylic acids is 1. The minimum Gasteiger partial charge on any atom is -0.480 e. The lowest BCUT2D eigenvalue weighted by Gasteiger charge is -2.27. The molecule has 29 heavy (non-hydrogen) atoms. The summed E-state index contributed by atoms with van der Waals surface area (Å²) in [5.74, 6) is -2.07. The molecule has 0 saturated carbocycles. The van der Waals surface area contributed by atoms with Gasteiger partial charge in [-0.25, -0.2) is 9.59 Å². The lowest BCUT2D eigenvalue weighted by molar-refractivity contribution is -0.139. The molecule has 1 atom stereocenters. The summed E-state index contributed by atoms with van der Waals surface area (Å²) in [7, 11) is 0. The Balaban J connectivity index is 2.00. The molecule has 0 bridgehead atoms. The Hall–Kier alpha value is -2.77. The van der Waals surface area contributed by atoms with Crippen molar-refractivity contribution < 1.29 is 19.5 Å². The Kier molecular flexibility index (Phi) is 7.47. The lowest BCUT2D eigenvalue weighted by Crippen LogP contribution is -2.52. The molecule has 3 amide bonds. The van der Waals surface area contributed by atoms with Crippen molar-refractivity contribution in [2.75, 3.05) is 6.54 Å². The largest absolute Gasteiger partial charge is 0.480 e. The molecule has 0 aromatic heterocycles. The molecular formula is C20H21Cl2N3O4. The van der Waals surface area contributed by atoms with Crippen molar-refractivity contribution in [1.82, 2.24) is 16.0 Å². The Labute approximate surface area is 178 Å². The summed E-state index contributed by atoms with van der Waals surface area (Å²) in [4.78, 5) is 36.1. The van der Waals surface area contributed by atoms with Crippen molar-refractivity contribution in [2.45, 2.75) is 25.4 Å². The summed E-state index contributed by atoms with van der Waals surface area (Å²) in [5, 5.41) is 17.1. The zero-order valence-electron chi connectivity index (χ0n) is 15.8. The van der Waals surface area contributed by atoms with Crippen LogP contribution in [0.5, 0.6) is 0 Å². The van der Waals surface area contributed by atoms with Crippen LogP contribution < -0.4 is 16.0 Å². The summed E-state index contributed by atoms with van der Waals surface area (Å²) in [6.07, 6.45) is 0. The monoisotopic (exact) mass is 437 g/mol. The van der Waals surface area contributed by atoms with Crippen LogP contribution in [0, 0.1) is 0 Å². The topological polar surface area (TPSA) is 108 Å². The SMILES string of the molecule is CC(C)(NC(=O)NCC(NC(=O)c1c(Cl)cccc1Cl)C(=O)O)c1ccccc1. The van der Waals surface area contributed by atoms with Crippen LogP contribution in [-0.2, 0) is 10.3 Å². The number of carboxylic acid groups (broad SMARTS) is 1. The fourth-order valence-electron chi connectivity index (χ4n) is 2.59. The smallest absolute Gasteiger partial charge is 0.328 e. The third-order valence-electron chi connectivity index (χ3n) is 4.18. The molecule has 2 aromatic carbocycles. The van der Waals surface area contributed by atoms with Gasteiger partial charge in [-0.1, -0.05) is 59.6 Å². The molecule has 1 unspecified atom stereocenters. The third kappa shape index (κ3) is 6.10. The van der Waals surface area contributed by atoms with E-state index >= 15 is 0 Å². The second-order valence-corrected chi connectivity index (χ2v) is 7.60. The molecule has 0 aliphatic carbocycles. The maximum atomic E-state index is 12.4. The highest BCUT2D eigenvalue weighted by molar-refractivity contribution is 6.39. The average molecular weight is 438 g/mol. The number of carboxylic acids is 1. The van der Waals surface area contributed by atoms with Crippen LogP contribution >= 0.6 is 23.2 Å². The van der Waals surface area contributed by atoms with Crippen molar-refractivity contribution in [3.63, 3.8) is 0 Å². The number of hydrogen-bond acceptors (Lipinski definition) is 3. The van der Waals surface area contributed by atoms with Gasteiger partial charge in [-0.15, -0.1) is 0 Å². The molecule has 0 aliphatic heterocycles. The number of rotatable bonds is 7. The number of benzene rings is 2. The Bertz CT molecular complexity index is 884. The van der Waals surface area contributed by atoms with E-state index in [4.69, 9.17) is 23.2 Å². The molecule has 2 rings (SSSR count). The highest BCUT2D eigenvalue weighted by Gasteiger charge is 2.26. The first-order chi connectivity index (χ1) is 13.6. The first-order valence-corrected chi connectivity index (χ1v) is 9.46. The number of amides is 3.